The minimum absolute atomic E-state index is 0.00495. The van der Waals surface area contributed by atoms with Crippen LogP contribution in [0.1, 0.15) is 10.5 Å². The van der Waals surface area contributed by atoms with E-state index >= 15 is 0 Å². The Morgan fingerprint density at radius 3 is 2.52 bits per heavy atom. The molecule has 0 spiro atoms. The number of morpholine rings is 1. The predicted octanol–water partition coefficient (Wildman–Crippen LogP) is 1.68. The van der Waals surface area contributed by atoms with Crippen molar-refractivity contribution in [2.24, 2.45) is 0 Å². The standard InChI is InChI=1S/C15H15N3O3/c19-14(20)13-10-12(11-4-2-1-3-5-11)16-15(17-13)18-6-8-21-9-7-18/h1-5,10H,6-9H2,(H,19,20). The van der Waals surface area contributed by atoms with Gasteiger partial charge in [-0.2, -0.15) is 0 Å². The topological polar surface area (TPSA) is 75.5 Å². The fraction of sp³-hybridized carbons (Fsp3) is 0.267. The van der Waals surface area contributed by atoms with E-state index in [1.807, 2.05) is 35.2 Å². The first-order valence-corrected chi connectivity index (χ1v) is 6.74. The lowest BCUT2D eigenvalue weighted by Crippen LogP contribution is -2.37. The molecule has 108 valence electrons. The molecule has 1 aliphatic rings. The third-order valence-electron chi connectivity index (χ3n) is 3.30. The van der Waals surface area contributed by atoms with Crippen LogP contribution in [-0.2, 0) is 4.74 Å². The van der Waals surface area contributed by atoms with Crippen LogP contribution in [-0.4, -0.2) is 47.3 Å². The van der Waals surface area contributed by atoms with E-state index in [1.54, 1.807) is 0 Å². The summed E-state index contributed by atoms with van der Waals surface area (Å²) in [6.45, 7) is 2.53. The molecule has 0 saturated carbocycles. The zero-order valence-corrected chi connectivity index (χ0v) is 11.4. The fourth-order valence-corrected chi connectivity index (χ4v) is 2.21. The maximum Gasteiger partial charge on any atom is 0.354 e. The summed E-state index contributed by atoms with van der Waals surface area (Å²) < 4.78 is 5.30. The van der Waals surface area contributed by atoms with Gasteiger partial charge in [0.1, 0.15) is 0 Å². The first-order valence-electron chi connectivity index (χ1n) is 6.74. The van der Waals surface area contributed by atoms with Gasteiger partial charge in [-0.1, -0.05) is 30.3 Å². The molecule has 6 heteroatoms. The van der Waals surface area contributed by atoms with E-state index in [9.17, 15) is 9.90 Å². The Bertz CT molecular complexity index is 640. The predicted molar refractivity (Wildman–Crippen MR) is 77.5 cm³/mol. The van der Waals surface area contributed by atoms with Crippen molar-refractivity contribution in [2.45, 2.75) is 0 Å². The molecule has 1 fully saturated rings. The zero-order chi connectivity index (χ0) is 14.7. The third kappa shape index (κ3) is 3.00. The van der Waals surface area contributed by atoms with Crippen LogP contribution in [0.25, 0.3) is 11.3 Å². The third-order valence-corrected chi connectivity index (χ3v) is 3.30. The molecular formula is C15H15N3O3. The number of anilines is 1. The lowest BCUT2D eigenvalue weighted by atomic mass is 10.1. The van der Waals surface area contributed by atoms with Gasteiger partial charge >= 0.3 is 5.97 Å². The van der Waals surface area contributed by atoms with Gasteiger partial charge in [-0.3, -0.25) is 0 Å². The van der Waals surface area contributed by atoms with Gasteiger partial charge < -0.3 is 14.7 Å². The van der Waals surface area contributed by atoms with Crippen molar-refractivity contribution in [1.29, 1.82) is 0 Å². The molecular weight excluding hydrogens is 270 g/mol. The van der Waals surface area contributed by atoms with Gasteiger partial charge in [-0.25, -0.2) is 14.8 Å². The van der Waals surface area contributed by atoms with Gasteiger partial charge in [-0.05, 0) is 6.07 Å². The van der Waals surface area contributed by atoms with Crippen LogP contribution >= 0.6 is 0 Å². The van der Waals surface area contributed by atoms with Crippen molar-refractivity contribution in [2.75, 3.05) is 31.2 Å². The molecule has 1 saturated heterocycles. The molecule has 0 atom stereocenters. The molecule has 2 aromatic rings. The Morgan fingerprint density at radius 2 is 1.86 bits per heavy atom. The average molecular weight is 285 g/mol. The molecule has 1 aromatic heterocycles. The molecule has 1 N–H and O–H groups in total. The molecule has 21 heavy (non-hydrogen) atoms. The summed E-state index contributed by atoms with van der Waals surface area (Å²) in [5, 5.41) is 9.25. The average Bonchev–Trinajstić information content (AvgIpc) is 2.56. The number of carboxylic acid groups (broad SMARTS) is 1. The molecule has 0 bridgehead atoms. The highest BCUT2D eigenvalue weighted by Crippen LogP contribution is 2.21. The SMILES string of the molecule is O=C(O)c1cc(-c2ccccc2)nc(N2CCOCC2)n1. The largest absolute Gasteiger partial charge is 0.477 e. The second-order valence-electron chi connectivity index (χ2n) is 4.71. The number of aromatic carboxylic acids is 1. The summed E-state index contributed by atoms with van der Waals surface area (Å²) in [7, 11) is 0. The molecule has 0 radical (unpaired) electrons. The minimum atomic E-state index is -1.05. The lowest BCUT2D eigenvalue weighted by molar-refractivity contribution is 0.0690. The first kappa shape index (κ1) is 13.5. The number of ether oxygens (including phenoxy) is 1. The fourth-order valence-electron chi connectivity index (χ4n) is 2.21. The van der Waals surface area contributed by atoms with E-state index in [2.05, 4.69) is 9.97 Å². The summed E-state index contributed by atoms with van der Waals surface area (Å²) >= 11 is 0. The smallest absolute Gasteiger partial charge is 0.354 e. The number of hydrogen-bond acceptors (Lipinski definition) is 5. The molecule has 0 aliphatic carbocycles. The van der Waals surface area contributed by atoms with Crippen LogP contribution < -0.4 is 4.90 Å². The summed E-state index contributed by atoms with van der Waals surface area (Å²) in [4.78, 5) is 21.9. The maximum atomic E-state index is 11.3. The molecule has 2 heterocycles. The van der Waals surface area contributed by atoms with Crippen LogP contribution in [0.15, 0.2) is 36.4 Å². The number of nitrogens with zero attached hydrogens (tertiary/aromatic N) is 3. The normalized spacial score (nSPS) is 15.0. The Labute approximate surface area is 122 Å². The maximum absolute atomic E-state index is 11.3. The molecule has 6 nitrogen and oxygen atoms in total. The number of aromatic nitrogens is 2. The zero-order valence-electron chi connectivity index (χ0n) is 11.4. The van der Waals surface area contributed by atoms with Crippen LogP contribution in [0.3, 0.4) is 0 Å². The second kappa shape index (κ2) is 5.88. The van der Waals surface area contributed by atoms with E-state index in [1.165, 1.54) is 6.07 Å². The summed E-state index contributed by atoms with van der Waals surface area (Å²) in [6.07, 6.45) is 0. The summed E-state index contributed by atoms with van der Waals surface area (Å²) in [5.74, 6) is -0.610. The van der Waals surface area contributed by atoms with Crippen molar-refractivity contribution >= 4 is 11.9 Å². The van der Waals surface area contributed by atoms with Gasteiger partial charge in [0.25, 0.3) is 0 Å². The van der Waals surface area contributed by atoms with E-state index in [4.69, 9.17) is 4.74 Å². The Balaban J connectivity index is 2.03. The highest BCUT2D eigenvalue weighted by atomic mass is 16.5. The Morgan fingerprint density at radius 1 is 1.14 bits per heavy atom. The number of benzene rings is 1. The highest BCUT2D eigenvalue weighted by molar-refractivity contribution is 5.87. The van der Waals surface area contributed by atoms with Crippen molar-refractivity contribution in [3.8, 4) is 11.3 Å². The number of hydrogen-bond donors (Lipinski definition) is 1. The Kier molecular flexibility index (Phi) is 3.79. The van der Waals surface area contributed by atoms with E-state index in [0.29, 0.717) is 37.9 Å². The van der Waals surface area contributed by atoms with Crippen molar-refractivity contribution < 1.29 is 14.6 Å². The van der Waals surface area contributed by atoms with Gasteiger partial charge in [-0.15, -0.1) is 0 Å². The van der Waals surface area contributed by atoms with Crippen LogP contribution in [0.4, 0.5) is 5.95 Å². The Hall–Kier alpha value is -2.47. The highest BCUT2D eigenvalue weighted by Gasteiger charge is 2.18. The molecule has 0 amide bonds. The number of carboxylic acids is 1. The number of rotatable bonds is 3. The van der Waals surface area contributed by atoms with Gasteiger partial charge in [0, 0.05) is 18.7 Å². The van der Waals surface area contributed by atoms with Crippen molar-refractivity contribution in [3.63, 3.8) is 0 Å². The molecule has 1 aliphatic heterocycles. The molecule has 3 rings (SSSR count). The summed E-state index contributed by atoms with van der Waals surface area (Å²) in [6, 6.07) is 11.0. The van der Waals surface area contributed by atoms with Crippen molar-refractivity contribution in [1.82, 2.24) is 9.97 Å². The second-order valence-corrected chi connectivity index (χ2v) is 4.71. The van der Waals surface area contributed by atoms with Crippen LogP contribution in [0, 0.1) is 0 Å². The van der Waals surface area contributed by atoms with E-state index in [-0.39, 0.29) is 5.69 Å². The van der Waals surface area contributed by atoms with Gasteiger partial charge in [0.15, 0.2) is 5.69 Å². The van der Waals surface area contributed by atoms with Crippen molar-refractivity contribution in [3.05, 3.63) is 42.1 Å². The van der Waals surface area contributed by atoms with Gasteiger partial charge in [0.2, 0.25) is 5.95 Å². The molecule has 1 aromatic carbocycles. The van der Waals surface area contributed by atoms with Crippen LogP contribution in [0.5, 0.6) is 0 Å². The monoisotopic (exact) mass is 285 g/mol. The number of carbonyl (C=O) groups is 1. The lowest BCUT2D eigenvalue weighted by Gasteiger charge is -2.27. The minimum Gasteiger partial charge on any atom is -0.477 e. The first-order chi connectivity index (χ1) is 10.2. The van der Waals surface area contributed by atoms with E-state index < -0.39 is 5.97 Å². The van der Waals surface area contributed by atoms with Gasteiger partial charge in [0.05, 0.1) is 18.9 Å². The van der Waals surface area contributed by atoms with E-state index in [0.717, 1.165) is 5.56 Å². The quantitative estimate of drug-likeness (QED) is 0.924. The van der Waals surface area contributed by atoms with Crippen LogP contribution in [0.2, 0.25) is 0 Å². The summed E-state index contributed by atoms with van der Waals surface area (Å²) in [5.41, 5.74) is 1.49. The molecule has 0 unspecified atom stereocenters.